The molecule has 0 spiro atoms. The molecule has 0 atom stereocenters. The van der Waals surface area contributed by atoms with E-state index in [0.29, 0.717) is 25.9 Å². The van der Waals surface area contributed by atoms with Gasteiger partial charge in [0.15, 0.2) is 0 Å². The highest BCUT2D eigenvalue weighted by molar-refractivity contribution is 5.91. The summed E-state index contributed by atoms with van der Waals surface area (Å²) in [6.45, 7) is 0.481. The standard InChI is InChI=1S/C27H30N2O6/c30-24(31)17-34-18-14-29(15-18)25(32)27(12-6-1-7-13-27)28-26(33)35-16-23-21-10-4-2-8-19(21)20-9-3-5-11-22(20)23/h2-5,8-11,18,23H,1,6-7,12-17H2,(H,28,33)(H,30,31). The molecular formula is C27H30N2O6. The summed E-state index contributed by atoms with van der Waals surface area (Å²) in [6.07, 6.45) is 2.97. The van der Waals surface area contributed by atoms with E-state index in [4.69, 9.17) is 14.6 Å². The predicted molar refractivity (Wildman–Crippen MR) is 128 cm³/mol. The van der Waals surface area contributed by atoms with E-state index in [-0.39, 0.29) is 31.1 Å². The first-order valence-corrected chi connectivity index (χ1v) is 12.2. The fourth-order valence-corrected chi connectivity index (χ4v) is 5.58. The highest BCUT2D eigenvalue weighted by atomic mass is 16.5. The van der Waals surface area contributed by atoms with E-state index >= 15 is 0 Å². The third-order valence-electron chi connectivity index (χ3n) is 7.38. The lowest BCUT2D eigenvalue weighted by Crippen LogP contribution is -2.66. The number of carbonyl (C=O) groups is 3. The normalized spacial score (nSPS) is 18.8. The molecule has 2 N–H and O–H groups in total. The first-order chi connectivity index (χ1) is 17.0. The fraction of sp³-hybridized carbons (Fsp3) is 0.444. The van der Waals surface area contributed by atoms with Crippen LogP contribution in [-0.2, 0) is 19.1 Å². The van der Waals surface area contributed by atoms with Crippen molar-refractivity contribution >= 4 is 18.0 Å². The van der Waals surface area contributed by atoms with Gasteiger partial charge in [-0.15, -0.1) is 0 Å². The number of carboxylic acids is 1. The zero-order valence-electron chi connectivity index (χ0n) is 19.6. The molecule has 8 heteroatoms. The van der Waals surface area contributed by atoms with Gasteiger partial charge in [-0.25, -0.2) is 9.59 Å². The van der Waals surface area contributed by atoms with Crippen LogP contribution in [0.2, 0.25) is 0 Å². The van der Waals surface area contributed by atoms with Crippen molar-refractivity contribution in [3.63, 3.8) is 0 Å². The predicted octanol–water partition coefficient (Wildman–Crippen LogP) is 3.54. The van der Waals surface area contributed by atoms with E-state index in [1.54, 1.807) is 4.90 Å². The number of nitrogens with zero attached hydrogens (tertiary/aromatic N) is 1. The van der Waals surface area contributed by atoms with Gasteiger partial charge in [-0.2, -0.15) is 0 Å². The van der Waals surface area contributed by atoms with Crippen molar-refractivity contribution in [1.29, 1.82) is 0 Å². The maximum Gasteiger partial charge on any atom is 0.408 e. The lowest BCUT2D eigenvalue weighted by Gasteiger charge is -2.46. The number of hydrogen-bond acceptors (Lipinski definition) is 5. The van der Waals surface area contributed by atoms with Crippen LogP contribution in [0.1, 0.15) is 49.1 Å². The number of ether oxygens (including phenoxy) is 2. The van der Waals surface area contributed by atoms with Crippen molar-refractivity contribution < 1.29 is 29.0 Å². The molecule has 1 aliphatic heterocycles. The van der Waals surface area contributed by atoms with Gasteiger partial charge in [0.2, 0.25) is 5.91 Å². The number of amides is 2. The van der Waals surface area contributed by atoms with Gasteiger partial charge in [0.05, 0.1) is 6.10 Å². The Morgan fingerprint density at radius 2 is 1.54 bits per heavy atom. The first kappa shape index (κ1) is 23.4. The third-order valence-corrected chi connectivity index (χ3v) is 7.38. The number of alkyl carbamates (subject to hydrolysis) is 1. The molecule has 5 rings (SSSR count). The molecule has 2 aliphatic carbocycles. The van der Waals surface area contributed by atoms with Gasteiger partial charge < -0.3 is 24.8 Å². The van der Waals surface area contributed by atoms with E-state index in [1.165, 1.54) is 0 Å². The van der Waals surface area contributed by atoms with Crippen LogP contribution in [0.4, 0.5) is 4.79 Å². The summed E-state index contributed by atoms with van der Waals surface area (Å²) in [5.74, 6) is -1.22. The molecule has 8 nitrogen and oxygen atoms in total. The molecular weight excluding hydrogens is 448 g/mol. The monoisotopic (exact) mass is 478 g/mol. The molecule has 2 aromatic carbocycles. The second-order valence-electron chi connectivity index (χ2n) is 9.63. The summed E-state index contributed by atoms with van der Waals surface area (Å²) < 4.78 is 11.0. The minimum absolute atomic E-state index is 0.0475. The number of carbonyl (C=O) groups excluding carboxylic acids is 2. The SMILES string of the molecule is O=C(O)COC1CN(C(=O)C2(NC(=O)OCC3c4ccccc4-c4ccccc43)CCCCC2)C1. The summed E-state index contributed by atoms with van der Waals surface area (Å²) in [7, 11) is 0. The highest BCUT2D eigenvalue weighted by Gasteiger charge is 2.47. The molecule has 2 amide bonds. The van der Waals surface area contributed by atoms with Gasteiger partial charge >= 0.3 is 12.1 Å². The van der Waals surface area contributed by atoms with Crippen molar-refractivity contribution in [2.75, 3.05) is 26.3 Å². The maximum atomic E-state index is 13.4. The second kappa shape index (κ2) is 9.70. The third kappa shape index (κ3) is 4.62. The number of benzene rings is 2. The first-order valence-electron chi connectivity index (χ1n) is 12.2. The molecule has 3 aliphatic rings. The van der Waals surface area contributed by atoms with E-state index in [1.807, 2.05) is 24.3 Å². The number of fused-ring (bicyclic) bond motifs is 3. The molecule has 184 valence electrons. The van der Waals surface area contributed by atoms with Crippen LogP contribution in [0.15, 0.2) is 48.5 Å². The highest BCUT2D eigenvalue weighted by Crippen LogP contribution is 2.44. The zero-order chi connectivity index (χ0) is 24.4. The molecule has 2 aromatic rings. The number of aliphatic carboxylic acids is 1. The number of rotatable bonds is 7. The molecule has 1 saturated carbocycles. The van der Waals surface area contributed by atoms with Gasteiger partial charge in [0, 0.05) is 19.0 Å². The largest absolute Gasteiger partial charge is 0.480 e. The maximum absolute atomic E-state index is 13.4. The minimum atomic E-state index is -1.03. The lowest BCUT2D eigenvalue weighted by atomic mass is 9.80. The van der Waals surface area contributed by atoms with Crippen molar-refractivity contribution in [2.24, 2.45) is 0 Å². The van der Waals surface area contributed by atoms with Gasteiger partial charge in [0.25, 0.3) is 0 Å². The van der Waals surface area contributed by atoms with E-state index < -0.39 is 17.6 Å². The summed E-state index contributed by atoms with van der Waals surface area (Å²) in [5.41, 5.74) is 3.61. The zero-order valence-corrected chi connectivity index (χ0v) is 19.6. The Labute approximate surface area is 204 Å². The number of hydrogen-bond donors (Lipinski definition) is 2. The molecule has 2 fully saturated rings. The molecule has 0 radical (unpaired) electrons. The molecule has 1 saturated heterocycles. The lowest BCUT2D eigenvalue weighted by molar-refractivity contribution is -0.159. The van der Waals surface area contributed by atoms with Crippen LogP contribution >= 0.6 is 0 Å². The smallest absolute Gasteiger partial charge is 0.408 e. The Hall–Kier alpha value is -3.39. The van der Waals surface area contributed by atoms with Gasteiger partial charge in [-0.1, -0.05) is 67.8 Å². The molecule has 0 unspecified atom stereocenters. The number of nitrogens with one attached hydrogen (secondary N) is 1. The van der Waals surface area contributed by atoms with Gasteiger partial charge in [-0.3, -0.25) is 4.79 Å². The van der Waals surface area contributed by atoms with Crippen LogP contribution in [-0.4, -0.2) is 65.9 Å². The quantitative estimate of drug-likeness (QED) is 0.631. The van der Waals surface area contributed by atoms with E-state index in [2.05, 4.69) is 29.6 Å². The van der Waals surface area contributed by atoms with Crippen molar-refractivity contribution in [3.05, 3.63) is 59.7 Å². The Balaban J connectivity index is 1.23. The van der Waals surface area contributed by atoms with Crippen LogP contribution in [0.3, 0.4) is 0 Å². The summed E-state index contributed by atoms with van der Waals surface area (Å²) >= 11 is 0. The molecule has 1 heterocycles. The average Bonchev–Trinajstić information content (AvgIpc) is 3.16. The van der Waals surface area contributed by atoms with Gasteiger partial charge in [-0.05, 0) is 35.1 Å². The Morgan fingerprint density at radius 1 is 0.943 bits per heavy atom. The van der Waals surface area contributed by atoms with E-state index in [0.717, 1.165) is 41.5 Å². The average molecular weight is 479 g/mol. The molecule has 35 heavy (non-hydrogen) atoms. The topological polar surface area (TPSA) is 105 Å². The van der Waals surface area contributed by atoms with Crippen LogP contribution < -0.4 is 5.32 Å². The second-order valence-corrected chi connectivity index (χ2v) is 9.63. The van der Waals surface area contributed by atoms with Crippen molar-refractivity contribution in [2.45, 2.75) is 49.7 Å². The molecule has 0 bridgehead atoms. The fourth-order valence-electron chi connectivity index (χ4n) is 5.58. The number of carboxylic acid groups (broad SMARTS) is 1. The van der Waals surface area contributed by atoms with Crippen molar-refractivity contribution in [3.8, 4) is 11.1 Å². The summed E-state index contributed by atoms with van der Waals surface area (Å²) in [4.78, 5) is 38.7. The minimum Gasteiger partial charge on any atom is -0.480 e. The van der Waals surface area contributed by atoms with Crippen LogP contribution in [0, 0.1) is 0 Å². The van der Waals surface area contributed by atoms with Crippen molar-refractivity contribution in [1.82, 2.24) is 10.2 Å². The van der Waals surface area contributed by atoms with E-state index in [9.17, 15) is 14.4 Å². The Kier molecular flexibility index (Phi) is 6.47. The summed E-state index contributed by atoms with van der Waals surface area (Å²) in [6, 6.07) is 16.3. The summed E-state index contributed by atoms with van der Waals surface area (Å²) in [5, 5.41) is 11.7. The molecule has 0 aromatic heterocycles. The Morgan fingerprint density at radius 3 is 2.14 bits per heavy atom. The van der Waals surface area contributed by atoms with Crippen LogP contribution in [0.5, 0.6) is 0 Å². The number of likely N-dealkylation sites (tertiary alicyclic amines) is 1. The Bertz CT molecular complexity index is 1070. The van der Waals surface area contributed by atoms with Crippen LogP contribution in [0.25, 0.3) is 11.1 Å². The van der Waals surface area contributed by atoms with Gasteiger partial charge in [0.1, 0.15) is 18.8 Å².